The number of ether oxygens (including phenoxy) is 1. The second-order valence-electron chi connectivity index (χ2n) is 8.87. The summed E-state index contributed by atoms with van der Waals surface area (Å²) in [6.45, 7) is 4.92. The minimum absolute atomic E-state index is 0.298. The van der Waals surface area contributed by atoms with Crippen molar-refractivity contribution in [3.63, 3.8) is 0 Å². The Hall–Kier alpha value is -3.25. The zero-order valence-electron chi connectivity index (χ0n) is 19.1. The van der Waals surface area contributed by atoms with Crippen molar-refractivity contribution in [3.05, 3.63) is 77.4 Å². The Kier molecular flexibility index (Phi) is 6.09. The molecule has 0 atom stereocenters. The van der Waals surface area contributed by atoms with E-state index in [1.54, 1.807) is 13.2 Å². The summed E-state index contributed by atoms with van der Waals surface area (Å²) in [6.07, 6.45) is 4.10. The van der Waals surface area contributed by atoms with Crippen molar-refractivity contribution >= 4 is 11.0 Å². The van der Waals surface area contributed by atoms with Crippen LogP contribution in [0.4, 0.5) is 4.39 Å². The number of H-pyrrole nitrogens is 1. The van der Waals surface area contributed by atoms with E-state index in [0.29, 0.717) is 34.8 Å². The molecule has 1 N–H and O–H groups in total. The van der Waals surface area contributed by atoms with Crippen molar-refractivity contribution in [2.45, 2.75) is 32.1 Å². The first-order valence-electron chi connectivity index (χ1n) is 11.6. The zero-order chi connectivity index (χ0) is 22.8. The van der Waals surface area contributed by atoms with E-state index >= 15 is 0 Å². The van der Waals surface area contributed by atoms with Gasteiger partial charge in [0.25, 0.3) is 0 Å². The smallest absolute Gasteiger partial charge is 0.213 e. The highest BCUT2D eigenvalue weighted by Gasteiger charge is 2.22. The Labute approximate surface area is 193 Å². The van der Waals surface area contributed by atoms with Gasteiger partial charge in [-0.1, -0.05) is 29.8 Å². The quantitative estimate of drug-likeness (QED) is 0.426. The first-order valence-corrected chi connectivity index (χ1v) is 11.6. The number of hydrogen-bond donors (Lipinski definition) is 1. The number of pyridine rings is 2. The maximum Gasteiger partial charge on any atom is 0.213 e. The molecular formula is C27H29FN4O. The predicted octanol–water partition coefficient (Wildman–Crippen LogP) is 5.50. The third-order valence-corrected chi connectivity index (χ3v) is 6.73. The number of methoxy groups -OCH3 is 1. The summed E-state index contributed by atoms with van der Waals surface area (Å²) in [4.78, 5) is 14.7. The van der Waals surface area contributed by atoms with Crippen LogP contribution in [0.15, 0.2) is 54.7 Å². The molecule has 1 saturated heterocycles. The van der Waals surface area contributed by atoms with Crippen LogP contribution < -0.4 is 4.74 Å². The fraction of sp³-hybridized carbons (Fsp3) is 0.333. The van der Waals surface area contributed by atoms with E-state index < -0.39 is 0 Å². The summed E-state index contributed by atoms with van der Waals surface area (Å²) in [5, 5.41) is 0. The average molecular weight is 445 g/mol. The Balaban J connectivity index is 1.21. The van der Waals surface area contributed by atoms with E-state index in [2.05, 4.69) is 63.2 Å². The van der Waals surface area contributed by atoms with Crippen LogP contribution in [0.5, 0.6) is 5.88 Å². The number of aromatic nitrogens is 3. The summed E-state index contributed by atoms with van der Waals surface area (Å²) in [5.41, 5.74) is 6.89. The first-order chi connectivity index (χ1) is 16.1. The Morgan fingerprint density at radius 2 is 1.85 bits per heavy atom. The van der Waals surface area contributed by atoms with Crippen LogP contribution in [-0.4, -0.2) is 46.6 Å². The molecule has 5 nitrogen and oxygen atoms in total. The number of benzene rings is 1. The molecule has 1 fully saturated rings. The van der Waals surface area contributed by atoms with Crippen LogP contribution in [-0.2, 0) is 6.42 Å². The standard InChI is InChI=1S/C27H29FN4O/c1-18-3-5-19(6-4-18)23-7-8-24(30-23)20-11-14-32(15-12-20)16-13-21-22(28)17-29-25-9-10-26(33-2)31-27(21)25/h3-10,17,20,30H,11-16H2,1-2H3. The summed E-state index contributed by atoms with van der Waals surface area (Å²) in [5.74, 6) is 0.714. The molecule has 4 heterocycles. The van der Waals surface area contributed by atoms with E-state index in [0.717, 1.165) is 32.5 Å². The molecule has 0 spiro atoms. The number of likely N-dealkylation sites (tertiary alicyclic amines) is 1. The number of rotatable bonds is 6. The lowest BCUT2D eigenvalue weighted by Crippen LogP contribution is -2.34. The highest BCUT2D eigenvalue weighted by Crippen LogP contribution is 2.30. The molecular weight excluding hydrogens is 415 g/mol. The number of nitrogens with zero attached hydrogens (tertiary/aromatic N) is 3. The van der Waals surface area contributed by atoms with Gasteiger partial charge in [0.15, 0.2) is 0 Å². The van der Waals surface area contributed by atoms with Crippen molar-refractivity contribution in [1.29, 1.82) is 0 Å². The predicted molar refractivity (Wildman–Crippen MR) is 129 cm³/mol. The molecule has 33 heavy (non-hydrogen) atoms. The van der Waals surface area contributed by atoms with Crippen LogP contribution in [0.3, 0.4) is 0 Å². The molecule has 0 bridgehead atoms. The lowest BCUT2D eigenvalue weighted by atomic mass is 9.93. The molecule has 3 aromatic heterocycles. The maximum atomic E-state index is 14.6. The topological polar surface area (TPSA) is 54.0 Å². The lowest BCUT2D eigenvalue weighted by Gasteiger charge is -2.31. The molecule has 6 heteroatoms. The molecule has 170 valence electrons. The number of fused-ring (bicyclic) bond motifs is 1. The average Bonchev–Trinajstić information content (AvgIpc) is 3.34. The van der Waals surface area contributed by atoms with Gasteiger partial charge < -0.3 is 14.6 Å². The minimum Gasteiger partial charge on any atom is -0.481 e. The van der Waals surface area contributed by atoms with E-state index in [9.17, 15) is 4.39 Å². The van der Waals surface area contributed by atoms with Gasteiger partial charge in [-0.15, -0.1) is 0 Å². The fourth-order valence-electron chi connectivity index (χ4n) is 4.72. The minimum atomic E-state index is -0.298. The van der Waals surface area contributed by atoms with Crippen molar-refractivity contribution in [3.8, 4) is 17.1 Å². The lowest BCUT2D eigenvalue weighted by molar-refractivity contribution is 0.213. The number of aromatic amines is 1. The number of aryl methyl sites for hydroxylation is 1. The van der Waals surface area contributed by atoms with Gasteiger partial charge in [0.1, 0.15) is 5.82 Å². The number of halogens is 1. The van der Waals surface area contributed by atoms with Gasteiger partial charge in [-0.25, -0.2) is 9.37 Å². The van der Waals surface area contributed by atoms with Gasteiger partial charge in [-0.05, 0) is 63.0 Å². The molecule has 5 rings (SSSR count). The van der Waals surface area contributed by atoms with Crippen LogP contribution in [0.25, 0.3) is 22.3 Å². The normalized spacial score (nSPS) is 15.2. The maximum absolute atomic E-state index is 14.6. The summed E-state index contributed by atoms with van der Waals surface area (Å²) >= 11 is 0. The van der Waals surface area contributed by atoms with Crippen molar-refractivity contribution in [2.75, 3.05) is 26.7 Å². The van der Waals surface area contributed by atoms with Gasteiger partial charge in [0, 0.05) is 35.5 Å². The van der Waals surface area contributed by atoms with E-state index in [-0.39, 0.29) is 5.82 Å². The van der Waals surface area contributed by atoms with Gasteiger partial charge in [0.05, 0.1) is 24.3 Å². The van der Waals surface area contributed by atoms with Gasteiger partial charge >= 0.3 is 0 Å². The van der Waals surface area contributed by atoms with E-state index in [1.807, 2.05) is 6.07 Å². The Morgan fingerprint density at radius 3 is 2.61 bits per heavy atom. The van der Waals surface area contributed by atoms with Crippen molar-refractivity contribution in [2.24, 2.45) is 0 Å². The number of hydrogen-bond acceptors (Lipinski definition) is 4. The molecule has 1 aromatic carbocycles. The third kappa shape index (κ3) is 4.62. The summed E-state index contributed by atoms with van der Waals surface area (Å²) in [7, 11) is 1.57. The molecule has 1 aliphatic heterocycles. The first kappa shape index (κ1) is 21.6. The molecule has 0 amide bonds. The molecule has 4 aromatic rings. The van der Waals surface area contributed by atoms with Gasteiger partial charge in [0.2, 0.25) is 5.88 Å². The van der Waals surface area contributed by atoms with Crippen LogP contribution in [0.2, 0.25) is 0 Å². The van der Waals surface area contributed by atoms with E-state index in [1.165, 1.54) is 28.7 Å². The fourth-order valence-corrected chi connectivity index (χ4v) is 4.72. The van der Waals surface area contributed by atoms with Crippen molar-refractivity contribution < 1.29 is 9.13 Å². The summed E-state index contributed by atoms with van der Waals surface area (Å²) < 4.78 is 19.8. The molecule has 0 unspecified atom stereocenters. The highest BCUT2D eigenvalue weighted by molar-refractivity contribution is 5.78. The summed E-state index contributed by atoms with van der Waals surface area (Å²) in [6, 6.07) is 16.6. The Bertz CT molecular complexity index is 1240. The van der Waals surface area contributed by atoms with Gasteiger partial charge in [-0.3, -0.25) is 4.98 Å². The Morgan fingerprint density at radius 1 is 1.06 bits per heavy atom. The molecule has 0 saturated carbocycles. The van der Waals surface area contributed by atoms with Crippen LogP contribution in [0.1, 0.15) is 35.6 Å². The molecule has 0 aliphatic carbocycles. The molecule has 1 aliphatic rings. The van der Waals surface area contributed by atoms with Crippen LogP contribution >= 0.6 is 0 Å². The monoisotopic (exact) mass is 444 g/mol. The number of piperidine rings is 1. The van der Waals surface area contributed by atoms with E-state index in [4.69, 9.17) is 4.74 Å². The SMILES string of the molecule is COc1ccc2ncc(F)c(CCN3CCC(c4ccc(-c5ccc(C)cc5)[nH]4)CC3)c2n1. The number of nitrogens with one attached hydrogen (secondary N) is 1. The second kappa shape index (κ2) is 9.32. The highest BCUT2D eigenvalue weighted by atomic mass is 19.1. The largest absolute Gasteiger partial charge is 0.481 e. The second-order valence-corrected chi connectivity index (χ2v) is 8.87. The van der Waals surface area contributed by atoms with Crippen molar-refractivity contribution in [1.82, 2.24) is 19.9 Å². The van der Waals surface area contributed by atoms with Crippen LogP contribution in [0, 0.1) is 12.7 Å². The van der Waals surface area contributed by atoms with Gasteiger partial charge in [-0.2, -0.15) is 0 Å². The zero-order valence-corrected chi connectivity index (χ0v) is 19.1. The third-order valence-electron chi connectivity index (χ3n) is 6.73. The molecule has 0 radical (unpaired) electrons.